The van der Waals surface area contributed by atoms with Crippen molar-refractivity contribution in [2.75, 3.05) is 32.8 Å². The van der Waals surface area contributed by atoms with Crippen LogP contribution in [-0.4, -0.2) is 48.8 Å². The van der Waals surface area contributed by atoms with Crippen molar-refractivity contribution in [3.8, 4) is 0 Å². The minimum atomic E-state index is 0.508. The number of aromatic nitrogens is 1. The number of hydrogen-bond donors (Lipinski definition) is 1. The van der Waals surface area contributed by atoms with Crippen molar-refractivity contribution in [2.45, 2.75) is 39.8 Å². The Morgan fingerprint density at radius 1 is 1.35 bits per heavy atom. The van der Waals surface area contributed by atoms with Crippen LogP contribution in [0.5, 0.6) is 0 Å². The highest BCUT2D eigenvalue weighted by atomic mass is 16.5. The van der Waals surface area contributed by atoms with E-state index in [4.69, 9.17) is 4.74 Å². The summed E-state index contributed by atoms with van der Waals surface area (Å²) in [6, 6.07) is 6.61. The van der Waals surface area contributed by atoms with Gasteiger partial charge in [0, 0.05) is 38.5 Å². The summed E-state index contributed by atoms with van der Waals surface area (Å²) in [7, 11) is 0. The Kier molecular flexibility index (Phi) is 9.20. The Morgan fingerprint density at radius 2 is 2.20 bits per heavy atom. The molecule has 4 nitrogen and oxygen atoms in total. The van der Waals surface area contributed by atoms with E-state index in [-0.39, 0.29) is 0 Å². The van der Waals surface area contributed by atoms with Crippen molar-refractivity contribution in [3.05, 3.63) is 30.1 Å². The molecule has 0 spiro atoms. The summed E-state index contributed by atoms with van der Waals surface area (Å²) in [5.41, 5.74) is 1.14. The van der Waals surface area contributed by atoms with Gasteiger partial charge in [-0.25, -0.2) is 0 Å². The molecule has 0 radical (unpaired) electrons. The first kappa shape index (κ1) is 17.1. The number of pyridine rings is 1. The predicted molar refractivity (Wildman–Crippen MR) is 83.8 cm³/mol. The van der Waals surface area contributed by atoms with Gasteiger partial charge in [0.2, 0.25) is 0 Å². The Balaban J connectivity index is 2.23. The monoisotopic (exact) mass is 279 g/mol. The van der Waals surface area contributed by atoms with Crippen LogP contribution in [0.3, 0.4) is 0 Å². The second-order valence-corrected chi connectivity index (χ2v) is 4.99. The molecule has 0 aliphatic rings. The molecule has 1 atom stereocenters. The minimum Gasteiger partial charge on any atom is -0.382 e. The lowest BCUT2D eigenvalue weighted by atomic mass is 10.2. The topological polar surface area (TPSA) is 37.4 Å². The molecule has 4 heteroatoms. The number of likely N-dealkylation sites (N-methyl/N-ethyl adjacent to an activating group) is 1. The van der Waals surface area contributed by atoms with Crippen molar-refractivity contribution in [1.29, 1.82) is 0 Å². The number of nitrogens with zero attached hydrogens (tertiary/aromatic N) is 2. The lowest BCUT2D eigenvalue weighted by Crippen LogP contribution is -2.40. The van der Waals surface area contributed by atoms with Gasteiger partial charge in [-0.1, -0.05) is 13.0 Å². The molecule has 0 saturated heterocycles. The lowest BCUT2D eigenvalue weighted by Gasteiger charge is -2.27. The van der Waals surface area contributed by atoms with Crippen molar-refractivity contribution in [3.63, 3.8) is 0 Å². The van der Waals surface area contributed by atoms with E-state index in [9.17, 15) is 0 Å². The maximum atomic E-state index is 5.33. The third-order valence-corrected chi connectivity index (χ3v) is 3.41. The highest BCUT2D eigenvalue weighted by Gasteiger charge is 2.12. The molecule has 1 heterocycles. The van der Waals surface area contributed by atoms with Gasteiger partial charge in [-0.15, -0.1) is 0 Å². The third kappa shape index (κ3) is 6.98. The van der Waals surface area contributed by atoms with Crippen LogP contribution in [0.25, 0.3) is 0 Å². The van der Waals surface area contributed by atoms with Gasteiger partial charge in [-0.2, -0.15) is 0 Å². The summed E-state index contributed by atoms with van der Waals surface area (Å²) in [5, 5.41) is 3.50. The Morgan fingerprint density at radius 3 is 2.85 bits per heavy atom. The highest BCUT2D eigenvalue weighted by molar-refractivity contribution is 5.03. The molecule has 20 heavy (non-hydrogen) atoms. The van der Waals surface area contributed by atoms with Crippen molar-refractivity contribution in [2.24, 2.45) is 0 Å². The molecular formula is C16H29N3O. The van der Waals surface area contributed by atoms with Crippen LogP contribution in [-0.2, 0) is 11.3 Å². The third-order valence-electron chi connectivity index (χ3n) is 3.41. The molecule has 0 saturated carbocycles. The molecule has 0 fully saturated rings. The second-order valence-electron chi connectivity index (χ2n) is 4.99. The van der Waals surface area contributed by atoms with E-state index in [0.29, 0.717) is 6.04 Å². The molecule has 0 bridgehead atoms. The SMILES string of the molecule is CCOCCCNCC(C)N(CC)Cc1ccccn1. The van der Waals surface area contributed by atoms with Gasteiger partial charge in [0.05, 0.1) is 5.69 Å². The van der Waals surface area contributed by atoms with Crippen LogP contribution in [0.15, 0.2) is 24.4 Å². The number of hydrogen-bond acceptors (Lipinski definition) is 4. The quantitative estimate of drug-likeness (QED) is 0.631. The van der Waals surface area contributed by atoms with E-state index in [0.717, 1.165) is 51.5 Å². The number of nitrogens with one attached hydrogen (secondary N) is 1. The van der Waals surface area contributed by atoms with Gasteiger partial charge in [0.15, 0.2) is 0 Å². The summed E-state index contributed by atoms with van der Waals surface area (Å²) in [5.74, 6) is 0. The van der Waals surface area contributed by atoms with E-state index < -0.39 is 0 Å². The highest BCUT2D eigenvalue weighted by Crippen LogP contribution is 2.05. The number of rotatable bonds is 11. The van der Waals surface area contributed by atoms with Crippen LogP contribution < -0.4 is 5.32 Å². The summed E-state index contributed by atoms with van der Waals surface area (Å²) in [4.78, 5) is 6.84. The van der Waals surface area contributed by atoms with Crippen molar-refractivity contribution < 1.29 is 4.74 Å². The van der Waals surface area contributed by atoms with Gasteiger partial charge < -0.3 is 10.1 Å². The van der Waals surface area contributed by atoms with Gasteiger partial charge in [0.25, 0.3) is 0 Å². The predicted octanol–water partition coefficient (Wildman–Crippen LogP) is 2.31. The molecule has 0 aliphatic heterocycles. The molecule has 0 aromatic carbocycles. The van der Waals surface area contributed by atoms with E-state index in [1.54, 1.807) is 0 Å². The minimum absolute atomic E-state index is 0.508. The van der Waals surface area contributed by atoms with Crippen molar-refractivity contribution in [1.82, 2.24) is 15.2 Å². The maximum Gasteiger partial charge on any atom is 0.0544 e. The molecule has 1 aromatic heterocycles. The van der Waals surface area contributed by atoms with Gasteiger partial charge in [0.1, 0.15) is 0 Å². The molecule has 114 valence electrons. The van der Waals surface area contributed by atoms with Gasteiger partial charge in [-0.3, -0.25) is 9.88 Å². The Labute approximate surface area is 123 Å². The zero-order chi connectivity index (χ0) is 14.6. The standard InChI is InChI=1S/C16H29N3O/c1-4-19(14-16-9-6-7-11-18-16)15(3)13-17-10-8-12-20-5-2/h6-7,9,11,15,17H,4-5,8,10,12-14H2,1-3H3. The zero-order valence-corrected chi connectivity index (χ0v) is 13.1. The molecule has 0 amide bonds. The maximum absolute atomic E-state index is 5.33. The number of ether oxygens (including phenoxy) is 1. The average molecular weight is 279 g/mol. The average Bonchev–Trinajstić information content (AvgIpc) is 2.49. The van der Waals surface area contributed by atoms with Gasteiger partial charge >= 0.3 is 0 Å². The molecule has 1 unspecified atom stereocenters. The first-order valence-electron chi connectivity index (χ1n) is 7.70. The van der Waals surface area contributed by atoms with Crippen molar-refractivity contribution >= 4 is 0 Å². The Bertz CT molecular complexity index is 332. The summed E-state index contributed by atoms with van der Waals surface area (Å²) < 4.78 is 5.33. The van der Waals surface area contributed by atoms with E-state index in [1.165, 1.54) is 0 Å². The summed E-state index contributed by atoms with van der Waals surface area (Å²) in [6.45, 7) is 12.1. The fourth-order valence-corrected chi connectivity index (χ4v) is 2.16. The largest absolute Gasteiger partial charge is 0.382 e. The normalized spacial score (nSPS) is 12.8. The van der Waals surface area contributed by atoms with Crippen LogP contribution in [0, 0.1) is 0 Å². The van der Waals surface area contributed by atoms with Crippen LogP contribution in [0.1, 0.15) is 32.9 Å². The van der Waals surface area contributed by atoms with Crippen LogP contribution in [0.2, 0.25) is 0 Å². The fourth-order valence-electron chi connectivity index (χ4n) is 2.16. The molecular weight excluding hydrogens is 250 g/mol. The lowest BCUT2D eigenvalue weighted by molar-refractivity contribution is 0.143. The summed E-state index contributed by atoms with van der Waals surface area (Å²) in [6.07, 6.45) is 2.94. The first-order valence-corrected chi connectivity index (χ1v) is 7.70. The van der Waals surface area contributed by atoms with Crippen LogP contribution in [0.4, 0.5) is 0 Å². The van der Waals surface area contributed by atoms with E-state index in [2.05, 4.69) is 35.1 Å². The smallest absolute Gasteiger partial charge is 0.0544 e. The molecule has 1 aromatic rings. The summed E-state index contributed by atoms with van der Waals surface area (Å²) >= 11 is 0. The Hall–Kier alpha value is -0.970. The first-order chi connectivity index (χ1) is 9.77. The molecule has 1 rings (SSSR count). The fraction of sp³-hybridized carbons (Fsp3) is 0.688. The molecule has 0 aliphatic carbocycles. The molecule has 1 N–H and O–H groups in total. The second kappa shape index (κ2) is 10.8. The van der Waals surface area contributed by atoms with Gasteiger partial charge in [-0.05, 0) is 45.5 Å². The van der Waals surface area contributed by atoms with E-state index >= 15 is 0 Å². The van der Waals surface area contributed by atoms with Crippen LogP contribution >= 0.6 is 0 Å². The zero-order valence-electron chi connectivity index (χ0n) is 13.1. The van der Waals surface area contributed by atoms with E-state index in [1.807, 2.05) is 25.3 Å².